The molecule has 1 amide bonds. The van der Waals surface area contributed by atoms with Crippen molar-refractivity contribution in [1.82, 2.24) is 9.80 Å². The molecule has 3 rings (SSSR count). The number of hydrogen-bond acceptors (Lipinski definition) is 3. The molecule has 0 saturated carbocycles. The lowest BCUT2D eigenvalue weighted by Crippen LogP contribution is -2.56. The highest BCUT2D eigenvalue weighted by atomic mass is 16.2. The molecule has 2 unspecified atom stereocenters. The van der Waals surface area contributed by atoms with Gasteiger partial charge in [0.2, 0.25) is 5.91 Å². The van der Waals surface area contributed by atoms with Gasteiger partial charge in [-0.05, 0) is 25.0 Å². The van der Waals surface area contributed by atoms with Crippen LogP contribution in [0.3, 0.4) is 0 Å². The first-order valence-corrected chi connectivity index (χ1v) is 8.10. The smallest absolute Gasteiger partial charge is 0.222 e. The molecule has 0 radical (unpaired) electrons. The number of rotatable bonds is 5. The SMILES string of the molecule is CCC(=O)N1C2CCC1CN(CCNc1ccccc1)C2. The molecule has 1 aromatic carbocycles. The van der Waals surface area contributed by atoms with Gasteiger partial charge in [-0.1, -0.05) is 25.1 Å². The van der Waals surface area contributed by atoms with Crippen molar-refractivity contribution in [3.63, 3.8) is 0 Å². The summed E-state index contributed by atoms with van der Waals surface area (Å²) in [5, 5.41) is 3.46. The summed E-state index contributed by atoms with van der Waals surface area (Å²) in [7, 11) is 0. The molecule has 2 heterocycles. The van der Waals surface area contributed by atoms with Crippen molar-refractivity contribution in [3.8, 4) is 0 Å². The van der Waals surface area contributed by atoms with E-state index in [-0.39, 0.29) is 0 Å². The minimum atomic E-state index is 0.338. The Balaban J connectivity index is 1.48. The van der Waals surface area contributed by atoms with Gasteiger partial charge in [-0.15, -0.1) is 0 Å². The summed E-state index contributed by atoms with van der Waals surface area (Å²) in [5.74, 6) is 0.338. The van der Waals surface area contributed by atoms with Crippen molar-refractivity contribution in [3.05, 3.63) is 30.3 Å². The van der Waals surface area contributed by atoms with E-state index in [2.05, 4.69) is 39.4 Å². The summed E-state index contributed by atoms with van der Waals surface area (Å²) in [6, 6.07) is 11.2. The first kappa shape index (κ1) is 14.4. The van der Waals surface area contributed by atoms with Crippen molar-refractivity contribution in [1.29, 1.82) is 0 Å². The van der Waals surface area contributed by atoms with Crippen molar-refractivity contribution >= 4 is 11.6 Å². The van der Waals surface area contributed by atoms with Crippen LogP contribution in [0.2, 0.25) is 0 Å². The van der Waals surface area contributed by atoms with Gasteiger partial charge in [0.1, 0.15) is 0 Å². The highest BCUT2D eigenvalue weighted by molar-refractivity contribution is 5.77. The maximum Gasteiger partial charge on any atom is 0.222 e. The molecule has 21 heavy (non-hydrogen) atoms. The molecule has 0 aliphatic carbocycles. The molecule has 1 N–H and O–H groups in total. The predicted molar refractivity (Wildman–Crippen MR) is 85.3 cm³/mol. The Hall–Kier alpha value is -1.55. The lowest BCUT2D eigenvalue weighted by atomic mass is 10.1. The predicted octanol–water partition coefficient (Wildman–Crippen LogP) is 2.18. The molecule has 4 nitrogen and oxygen atoms in total. The fraction of sp³-hybridized carbons (Fsp3) is 0.588. The van der Waals surface area contributed by atoms with E-state index in [0.29, 0.717) is 24.4 Å². The Morgan fingerprint density at radius 3 is 2.48 bits per heavy atom. The number of fused-ring (bicyclic) bond motifs is 2. The van der Waals surface area contributed by atoms with E-state index < -0.39 is 0 Å². The normalized spacial score (nSPS) is 25.1. The van der Waals surface area contributed by atoms with E-state index in [9.17, 15) is 4.79 Å². The van der Waals surface area contributed by atoms with Crippen molar-refractivity contribution in [2.45, 2.75) is 38.3 Å². The molecular formula is C17H25N3O. The number of piperazine rings is 1. The maximum absolute atomic E-state index is 12.0. The van der Waals surface area contributed by atoms with Crippen LogP contribution < -0.4 is 5.32 Å². The Labute approximate surface area is 127 Å². The molecule has 2 saturated heterocycles. The van der Waals surface area contributed by atoms with E-state index in [1.54, 1.807) is 0 Å². The first-order valence-electron chi connectivity index (χ1n) is 8.10. The second-order valence-corrected chi connectivity index (χ2v) is 6.09. The molecule has 114 valence electrons. The van der Waals surface area contributed by atoms with Crippen LogP contribution in [-0.4, -0.2) is 54.0 Å². The van der Waals surface area contributed by atoms with E-state index in [4.69, 9.17) is 0 Å². The Morgan fingerprint density at radius 2 is 1.86 bits per heavy atom. The fourth-order valence-electron chi connectivity index (χ4n) is 3.68. The molecule has 0 spiro atoms. The lowest BCUT2D eigenvalue weighted by Gasteiger charge is -2.41. The zero-order valence-electron chi connectivity index (χ0n) is 12.8. The molecule has 2 atom stereocenters. The zero-order chi connectivity index (χ0) is 14.7. The minimum Gasteiger partial charge on any atom is -0.384 e. The number of carbonyl (C=O) groups excluding carboxylic acids is 1. The van der Waals surface area contributed by atoms with Crippen molar-refractivity contribution in [2.75, 3.05) is 31.5 Å². The minimum absolute atomic E-state index is 0.338. The molecule has 2 aliphatic rings. The first-order chi connectivity index (χ1) is 10.3. The monoisotopic (exact) mass is 287 g/mol. The van der Waals surface area contributed by atoms with Gasteiger partial charge in [0.05, 0.1) is 0 Å². The third-order valence-corrected chi connectivity index (χ3v) is 4.68. The van der Waals surface area contributed by atoms with E-state index >= 15 is 0 Å². The van der Waals surface area contributed by atoms with Crippen LogP contribution in [0.15, 0.2) is 30.3 Å². The standard InChI is InChI=1S/C17H25N3O/c1-2-17(21)20-15-8-9-16(20)13-19(12-15)11-10-18-14-6-4-3-5-7-14/h3-7,15-16,18H,2,8-13H2,1H3. The second-order valence-electron chi connectivity index (χ2n) is 6.09. The molecule has 2 aliphatic heterocycles. The van der Waals surface area contributed by atoms with Gasteiger partial charge in [-0.3, -0.25) is 9.69 Å². The van der Waals surface area contributed by atoms with Crippen LogP contribution in [0.4, 0.5) is 5.69 Å². The van der Waals surface area contributed by atoms with Gasteiger partial charge in [-0.25, -0.2) is 0 Å². The van der Waals surface area contributed by atoms with Crippen LogP contribution in [0.5, 0.6) is 0 Å². The van der Waals surface area contributed by atoms with Crippen LogP contribution in [0.1, 0.15) is 26.2 Å². The van der Waals surface area contributed by atoms with Gasteiger partial charge in [0.15, 0.2) is 0 Å². The topological polar surface area (TPSA) is 35.6 Å². The summed E-state index contributed by atoms with van der Waals surface area (Å²) in [6.07, 6.45) is 3.00. The summed E-state index contributed by atoms with van der Waals surface area (Å²) in [6.45, 7) is 6.07. The quantitative estimate of drug-likeness (QED) is 0.901. The third-order valence-electron chi connectivity index (χ3n) is 4.68. The van der Waals surface area contributed by atoms with Gasteiger partial charge in [0, 0.05) is 50.4 Å². The fourth-order valence-corrected chi connectivity index (χ4v) is 3.68. The molecule has 2 fully saturated rings. The van der Waals surface area contributed by atoms with Crippen LogP contribution in [-0.2, 0) is 4.79 Å². The number of nitrogens with one attached hydrogen (secondary N) is 1. The maximum atomic E-state index is 12.0. The van der Waals surface area contributed by atoms with E-state index in [0.717, 1.165) is 26.2 Å². The lowest BCUT2D eigenvalue weighted by molar-refractivity contribution is -0.136. The molecule has 1 aromatic rings. The summed E-state index contributed by atoms with van der Waals surface area (Å²) >= 11 is 0. The van der Waals surface area contributed by atoms with Gasteiger partial charge in [0.25, 0.3) is 0 Å². The molecule has 2 bridgehead atoms. The van der Waals surface area contributed by atoms with Gasteiger partial charge in [-0.2, -0.15) is 0 Å². The largest absolute Gasteiger partial charge is 0.384 e. The highest BCUT2D eigenvalue weighted by Crippen LogP contribution is 2.30. The summed E-state index contributed by atoms with van der Waals surface area (Å²) in [4.78, 5) is 16.7. The van der Waals surface area contributed by atoms with Crippen LogP contribution >= 0.6 is 0 Å². The average molecular weight is 287 g/mol. The molecule has 0 aromatic heterocycles. The average Bonchev–Trinajstić information content (AvgIpc) is 2.78. The van der Waals surface area contributed by atoms with Crippen molar-refractivity contribution < 1.29 is 4.79 Å². The van der Waals surface area contributed by atoms with Gasteiger partial charge >= 0.3 is 0 Å². The molecular weight excluding hydrogens is 262 g/mol. The number of nitrogens with zero attached hydrogens (tertiary/aromatic N) is 2. The van der Waals surface area contributed by atoms with Crippen molar-refractivity contribution in [2.24, 2.45) is 0 Å². The highest BCUT2D eigenvalue weighted by Gasteiger charge is 2.41. The Bertz CT molecular complexity index is 462. The number of hydrogen-bond donors (Lipinski definition) is 1. The Morgan fingerprint density at radius 1 is 1.19 bits per heavy atom. The summed E-state index contributed by atoms with van der Waals surface area (Å²) < 4.78 is 0. The van der Waals surface area contributed by atoms with E-state index in [1.165, 1.54) is 18.5 Å². The molecule has 4 heteroatoms. The van der Waals surface area contributed by atoms with Crippen LogP contribution in [0.25, 0.3) is 0 Å². The number of anilines is 1. The number of amides is 1. The second kappa shape index (κ2) is 6.48. The number of para-hydroxylation sites is 1. The number of benzene rings is 1. The van der Waals surface area contributed by atoms with Crippen LogP contribution in [0, 0.1) is 0 Å². The summed E-state index contributed by atoms with van der Waals surface area (Å²) in [5.41, 5.74) is 1.18. The van der Waals surface area contributed by atoms with Gasteiger partial charge < -0.3 is 10.2 Å². The number of carbonyl (C=O) groups is 1. The Kier molecular flexibility index (Phi) is 4.44. The third kappa shape index (κ3) is 3.21. The van der Waals surface area contributed by atoms with E-state index in [1.807, 2.05) is 13.0 Å². The number of likely N-dealkylation sites (tertiary alicyclic amines) is 1. The zero-order valence-corrected chi connectivity index (χ0v) is 12.8.